The van der Waals surface area contributed by atoms with Crippen LogP contribution in [0.4, 0.5) is 0 Å². The van der Waals surface area contributed by atoms with Gasteiger partial charge in [-0.2, -0.15) is 0 Å². The van der Waals surface area contributed by atoms with E-state index in [9.17, 15) is 9.50 Å². The Hall–Kier alpha value is -1.17. The summed E-state index contributed by atoms with van der Waals surface area (Å²) in [6, 6.07) is 0.194. The molecule has 17 heavy (non-hydrogen) atoms. The van der Waals surface area contributed by atoms with Gasteiger partial charge < -0.3 is 0 Å². The molecule has 0 aromatic carbocycles. The predicted molar refractivity (Wildman–Crippen MR) is 60.3 cm³/mol. The summed E-state index contributed by atoms with van der Waals surface area (Å²) >= 11 is 0. The van der Waals surface area contributed by atoms with Crippen molar-refractivity contribution in [3.8, 4) is 0 Å². The molecule has 3 aliphatic heterocycles. The van der Waals surface area contributed by atoms with Gasteiger partial charge in [0.15, 0.2) is 0 Å². The van der Waals surface area contributed by atoms with Gasteiger partial charge >= 0.3 is 100.0 Å². The van der Waals surface area contributed by atoms with E-state index in [1.54, 1.807) is 7.11 Å². The standard InChI is InChI=1S/C11H15BN2O3/c1-6-8(17-2)3-7-4-13(5-12-16)10-9(7)14(6)11(10)15/h7,9-10H,3-5H2,1-2H3. The van der Waals surface area contributed by atoms with Gasteiger partial charge in [-0.25, -0.2) is 0 Å². The SMILES string of the molecule is COC1=C(C)N2C(=O)C3C2C(C1)CN3CB=O. The van der Waals surface area contributed by atoms with Crippen molar-refractivity contribution in [3.05, 3.63) is 11.5 Å². The van der Waals surface area contributed by atoms with Crippen molar-refractivity contribution in [2.45, 2.75) is 25.4 Å². The fourth-order valence-corrected chi connectivity index (χ4v) is 3.47. The maximum atomic E-state index is 12.1. The van der Waals surface area contributed by atoms with Gasteiger partial charge in [0.2, 0.25) is 0 Å². The average Bonchev–Trinajstić information content (AvgIpc) is 2.62. The fourth-order valence-electron chi connectivity index (χ4n) is 3.47. The van der Waals surface area contributed by atoms with Crippen molar-refractivity contribution in [2.75, 3.05) is 20.1 Å². The molecular weight excluding hydrogens is 219 g/mol. The number of hydrogen-bond acceptors (Lipinski definition) is 4. The molecule has 0 aromatic rings. The van der Waals surface area contributed by atoms with Crippen LogP contribution in [-0.2, 0) is 14.2 Å². The third kappa shape index (κ3) is 1.27. The zero-order chi connectivity index (χ0) is 12.2. The molecule has 5 nitrogen and oxygen atoms in total. The number of allylic oxidation sites excluding steroid dienone is 2. The molecule has 3 unspecified atom stereocenters. The first kappa shape index (κ1) is 11.0. The second-order valence-corrected chi connectivity index (χ2v) is 4.94. The fraction of sp³-hybridized carbons (Fsp3) is 0.727. The van der Waals surface area contributed by atoms with Crippen LogP contribution in [0.5, 0.6) is 0 Å². The van der Waals surface area contributed by atoms with E-state index < -0.39 is 0 Å². The van der Waals surface area contributed by atoms with Gasteiger partial charge in [-0.3, -0.25) is 0 Å². The molecule has 0 spiro atoms. The van der Waals surface area contributed by atoms with Crippen LogP contribution in [0, 0.1) is 5.92 Å². The van der Waals surface area contributed by atoms with Gasteiger partial charge in [-0.1, -0.05) is 0 Å². The molecule has 0 N–H and O–H groups in total. The summed E-state index contributed by atoms with van der Waals surface area (Å²) in [5.74, 6) is 1.44. The number of amides is 1. The predicted octanol–water partition coefficient (Wildman–Crippen LogP) is -0.214. The van der Waals surface area contributed by atoms with Crippen molar-refractivity contribution < 1.29 is 14.2 Å². The molecule has 3 aliphatic rings. The van der Waals surface area contributed by atoms with E-state index in [1.807, 2.05) is 16.7 Å². The summed E-state index contributed by atoms with van der Waals surface area (Å²) < 4.78 is 16.0. The quantitative estimate of drug-likeness (QED) is 0.500. The minimum atomic E-state index is -0.0708. The van der Waals surface area contributed by atoms with E-state index in [1.165, 1.54) is 0 Å². The summed E-state index contributed by atoms with van der Waals surface area (Å²) in [6.07, 6.45) is 1.24. The van der Waals surface area contributed by atoms with Crippen LogP contribution in [0.2, 0.25) is 0 Å². The monoisotopic (exact) mass is 234 g/mol. The Bertz CT molecular complexity index is 423. The molecule has 3 rings (SSSR count). The number of nitrogens with zero attached hydrogens (tertiary/aromatic N) is 2. The molecule has 0 saturated carbocycles. The first-order chi connectivity index (χ1) is 8.19. The van der Waals surface area contributed by atoms with Gasteiger partial charge in [0, 0.05) is 0 Å². The van der Waals surface area contributed by atoms with Crippen LogP contribution in [0.15, 0.2) is 11.5 Å². The number of likely N-dealkylation sites (tertiary alicyclic amines) is 1. The molecule has 0 radical (unpaired) electrons. The maximum absolute atomic E-state index is 12.1. The molecule has 1 amide bonds. The number of hydrogen-bond donors (Lipinski definition) is 0. The van der Waals surface area contributed by atoms with E-state index in [4.69, 9.17) is 4.74 Å². The van der Waals surface area contributed by atoms with Crippen molar-refractivity contribution in [2.24, 2.45) is 5.92 Å². The number of ether oxygens (including phenoxy) is 1. The topological polar surface area (TPSA) is 49.9 Å². The molecule has 90 valence electrons. The summed E-state index contributed by atoms with van der Waals surface area (Å²) in [7, 11) is 2.53. The van der Waals surface area contributed by atoms with Crippen molar-refractivity contribution in [1.29, 1.82) is 0 Å². The van der Waals surface area contributed by atoms with Gasteiger partial charge in [0.1, 0.15) is 0 Å². The molecular formula is C11H15BN2O3. The summed E-state index contributed by atoms with van der Waals surface area (Å²) in [5, 5.41) is 0. The molecule has 3 heterocycles. The number of rotatable bonds is 3. The van der Waals surface area contributed by atoms with Crippen LogP contribution >= 0.6 is 0 Å². The van der Waals surface area contributed by atoms with Crippen molar-refractivity contribution in [1.82, 2.24) is 9.80 Å². The summed E-state index contributed by atoms with van der Waals surface area (Å²) in [6.45, 7) is 2.75. The van der Waals surface area contributed by atoms with Crippen molar-refractivity contribution >= 4 is 13.1 Å². The molecule has 3 atom stereocenters. The van der Waals surface area contributed by atoms with Crippen LogP contribution in [0.25, 0.3) is 0 Å². The molecule has 0 bridgehead atoms. The average molecular weight is 234 g/mol. The van der Waals surface area contributed by atoms with Crippen LogP contribution in [0.1, 0.15) is 13.3 Å². The second kappa shape index (κ2) is 3.66. The molecule has 0 aliphatic carbocycles. The zero-order valence-corrected chi connectivity index (χ0v) is 10.0. The number of methoxy groups -OCH3 is 1. The zero-order valence-electron chi connectivity index (χ0n) is 10.0. The van der Waals surface area contributed by atoms with Gasteiger partial charge in [0.25, 0.3) is 0 Å². The molecule has 2 fully saturated rings. The first-order valence-corrected chi connectivity index (χ1v) is 5.93. The van der Waals surface area contributed by atoms with Crippen LogP contribution < -0.4 is 0 Å². The molecule has 0 aromatic heterocycles. The Morgan fingerprint density at radius 1 is 1.53 bits per heavy atom. The third-order valence-corrected chi connectivity index (χ3v) is 4.23. The number of β-lactam (4-membered cyclic amide) rings is 1. The van der Waals surface area contributed by atoms with E-state index in [0.29, 0.717) is 12.4 Å². The summed E-state index contributed by atoms with van der Waals surface area (Å²) in [4.78, 5) is 15.9. The Balaban J connectivity index is 1.91. The number of carbonyl (C=O) groups is 1. The Morgan fingerprint density at radius 3 is 2.94 bits per heavy atom. The van der Waals surface area contributed by atoms with E-state index in [-0.39, 0.29) is 18.0 Å². The van der Waals surface area contributed by atoms with Crippen molar-refractivity contribution in [3.63, 3.8) is 0 Å². The molecule has 6 heteroatoms. The van der Waals surface area contributed by atoms with E-state index in [2.05, 4.69) is 0 Å². The number of carbonyl (C=O) groups excluding carboxylic acids is 1. The van der Waals surface area contributed by atoms with Gasteiger partial charge in [-0.05, 0) is 0 Å². The third-order valence-electron chi connectivity index (χ3n) is 4.23. The Morgan fingerprint density at radius 2 is 2.29 bits per heavy atom. The van der Waals surface area contributed by atoms with Gasteiger partial charge in [0.05, 0.1) is 0 Å². The van der Waals surface area contributed by atoms with E-state index in [0.717, 1.165) is 31.6 Å². The van der Waals surface area contributed by atoms with Crippen LogP contribution in [-0.4, -0.2) is 55.0 Å². The van der Waals surface area contributed by atoms with Crippen LogP contribution in [0.3, 0.4) is 0 Å². The Kier molecular flexibility index (Phi) is 2.36. The van der Waals surface area contributed by atoms with Gasteiger partial charge in [-0.15, -0.1) is 0 Å². The minimum absolute atomic E-state index is 0.0708. The second-order valence-electron chi connectivity index (χ2n) is 4.94. The Labute approximate surface area is 101 Å². The summed E-state index contributed by atoms with van der Waals surface area (Å²) in [5.41, 5.74) is 0.947. The normalized spacial score (nSPS) is 35.5. The molecule has 2 saturated heterocycles. The van der Waals surface area contributed by atoms with E-state index >= 15 is 0 Å². The first-order valence-electron chi connectivity index (χ1n) is 5.93.